The highest BCUT2D eigenvalue weighted by atomic mass is 16.2. The Bertz CT molecular complexity index is 581. The lowest BCUT2D eigenvalue weighted by Gasteiger charge is -2.16. The van der Waals surface area contributed by atoms with Crippen molar-refractivity contribution in [3.63, 3.8) is 0 Å². The molecule has 22 heavy (non-hydrogen) atoms. The van der Waals surface area contributed by atoms with Crippen molar-refractivity contribution in [2.24, 2.45) is 0 Å². The predicted octanol–water partition coefficient (Wildman–Crippen LogP) is 2.18. The Hall–Kier alpha value is -2.20. The molecule has 2 rings (SSSR count). The van der Waals surface area contributed by atoms with Crippen LogP contribution in [0.1, 0.15) is 16.8 Å². The van der Waals surface area contributed by atoms with Crippen molar-refractivity contribution < 1.29 is 4.79 Å². The Morgan fingerprint density at radius 1 is 1.18 bits per heavy atom. The van der Waals surface area contributed by atoms with E-state index in [4.69, 9.17) is 0 Å². The van der Waals surface area contributed by atoms with E-state index in [1.807, 2.05) is 30.1 Å². The largest absolute Gasteiger partial charge is 0.355 e. The van der Waals surface area contributed by atoms with Gasteiger partial charge >= 0.3 is 0 Å². The van der Waals surface area contributed by atoms with Crippen LogP contribution in [-0.2, 0) is 17.8 Å². The first kappa shape index (κ1) is 16.2. The molecule has 1 aromatic heterocycles. The van der Waals surface area contributed by atoms with Crippen LogP contribution in [0.25, 0.3) is 0 Å². The number of hydrogen-bond donors (Lipinski definition) is 1. The molecule has 0 spiro atoms. The quantitative estimate of drug-likeness (QED) is 0.852. The van der Waals surface area contributed by atoms with Crippen LogP contribution >= 0.6 is 0 Å². The van der Waals surface area contributed by atoms with Crippen LogP contribution in [0.5, 0.6) is 0 Å². The fourth-order valence-electron chi connectivity index (χ4n) is 2.24. The summed E-state index contributed by atoms with van der Waals surface area (Å²) in [5.41, 5.74) is 3.46. The second kappa shape index (κ2) is 8.29. The van der Waals surface area contributed by atoms with Crippen LogP contribution in [0, 0.1) is 6.92 Å². The number of amides is 1. The zero-order valence-electron chi connectivity index (χ0n) is 13.2. The number of nitrogens with zero attached hydrogens (tertiary/aromatic N) is 2. The van der Waals surface area contributed by atoms with Crippen LogP contribution < -0.4 is 5.32 Å². The molecule has 2 aromatic rings. The molecule has 0 aliphatic rings. The Morgan fingerprint density at radius 2 is 1.95 bits per heavy atom. The SMILES string of the molecule is Cc1ccc(CN(C)CC(=O)NCCc2ccccn2)cc1. The summed E-state index contributed by atoms with van der Waals surface area (Å²) in [5.74, 6) is 0.0468. The summed E-state index contributed by atoms with van der Waals surface area (Å²) in [6, 6.07) is 14.2. The van der Waals surface area contributed by atoms with Gasteiger partial charge in [0.15, 0.2) is 0 Å². The van der Waals surface area contributed by atoms with Crippen molar-refractivity contribution in [1.82, 2.24) is 15.2 Å². The Kier molecular flexibility index (Phi) is 6.10. The zero-order chi connectivity index (χ0) is 15.8. The number of rotatable bonds is 7. The van der Waals surface area contributed by atoms with Crippen molar-refractivity contribution in [2.45, 2.75) is 19.9 Å². The maximum absolute atomic E-state index is 11.9. The molecule has 0 saturated carbocycles. The Balaban J connectivity index is 1.68. The Labute approximate surface area is 132 Å². The van der Waals surface area contributed by atoms with Crippen molar-refractivity contribution in [1.29, 1.82) is 0 Å². The minimum absolute atomic E-state index is 0.0468. The maximum Gasteiger partial charge on any atom is 0.234 e. The highest BCUT2D eigenvalue weighted by Crippen LogP contribution is 2.05. The lowest BCUT2D eigenvalue weighted by Crippen LogP contribution is -2.35. The molecule has 0 bridgehead atoms. The average Bonchev–Trinajstić information content (AvgIpc) is 2.50. The smallest absolute Gasteiger partial charge is 0.234 e. The van der Waals surface area contributed by atoms with Crippen LogP contribution in [-0.4, -0.2) is 35.9 Å². The molecule has 0 aliphatic heterocycles. The molecule has 1 aromatic carbocycles. The number of carbonyl (C=O) groups excluding carboxylic acids is 1. The van der Waals surface area contributed by atoms with Crippen LogP contribution in [0.3, 0.4) is 0 Å². The number of hydrogen-bond acceptors (Lipinski definition) is 3. The molecule has 1 heterocycles. The van der Waals surface area contributed by atoms with Gasteiger partial charge in [0.25, 0.3) is 0 Å². The molecule has 0 fully saturated rings. The first-order valence-electron chi connectivity index (χ1n) is 7.54. The van der Waals surface area contributed by atoms with Crippen molar-refractivity contribution >= 4 is 5.91 Å². The first-order valence-corrected chi connectivity index (χ1v) is 7.54. The molecule has 4 nitrogen and oxygen atoms in total. The standard InChI is InChI=1S/C18H23N3O/c1-15-6-8-16(9-7-15)13-21(2)14-18(22)20-12-10-17-5-3-4-11-19-17/h3-9,11H,10,12-14H2,1-2H3,(H,20,22). The summed E-state index contributed by atoms with van der Waals surface area (Å²) in [7, 11) is 1.96. The molecule has 1 N–H and O–H groups in total. The van der Waals surface area contributed by atoms with Gasteiger partial charge in [0, 0.05) is 31.4 Å². The van der Waals surface area contributed by atoms with Crippen molar-refractivity contribution in [3.8, 4) is 0 Å². The highest BCUT2D eigenvalue weighted by Gasteiger charge is 2.06. The van der Waals surface area contributed by atoms with E-state index in [0.29, 0.717) is 13.1 Å². The minimum atomic E-state index is 0.0468. The number of pyridine rings is 1. The number of aryl methyl sites for hydroxylation is 1. The number of aromatic nitrogens is 1. The lowest BCUT2D eigenvalue weighted by molar-refractivity contribution is -0.122. The fraction of sp³-hybridized carbons (Fsp3) is 0.333. The molecular weight excluding hydrogens is 274 g/mol. The summed E-state index contributed by atoms with van der Waals surface area (Å²) < 4.78 is 0. The van der Waals surface area contributed by atoms with E-state index in [2.05, 4.69) is 41.5 Å². The van der Waals surface area contributed by atoms with Gasteiger partial charge < -0.3 is 5.32 Å². The van der Waals surface area contributed by atoms with Crippen LogP contribution in [0.4, 0.5) is 0 Å². The average molecular weight is 297 g/mol. The van der Waals surface area contributed by atoms with Gasteiger partial charge in [0.05, 0.1) is 6.54 Å². The van der Waals surface area contributed by atoms with Gasteiger partial charge in [-0.25, -0.2) is 0 Å². The van der Waals surface area contributed by atoms with Gasteiger partial charge in [0.2, 0.25) is 5.91 Å². The van der Waals surface area contributed by atoms with Crippen LogP contribution in [0.2, 0.25) is 0 Å². The molecular formula is C18H23N3O. The summed E-state index contributed by atoms with van der Waals surface area (Å²) in [4.78, 5) is 18.2. The molecule has 0 atom stereocenters. The molecule has 0 unspecified atom stereocenters. The van der Waals surface area contributed by atoms with Crippen molar-refractivity contribution in [3.05, 3.63) is 65.5 Å². The van der Waals surface area contributed by atoms with E-state index in [-0.39, 0.29) is 5.91 Å². The van der Waals surface area contributed by atoms with Gasteiger partial charge in [0.1, 0.15) is 0 Å². The first-order chi connectivity index (χ1) is 10.6. The van der Waals surface area contributed by atoms with E-state index in [0.717, 1.165) is 18.7 Å². The number of carbonyl (C=O) groups is 1. The number of benzene rings is 1. The van der Waals surface area contributed by atoms with Gasteiger partial charge in [-0.1, -0.05) is 35.9 Å². The lowest BCUT2D eigenvalue weighted by atomic mass is 10.1. The number of nitrogens with one attached hydrogen (secondary N) is 1. The topological polar surface area (TPSA) is 45.2 Å². The van der Waals surface area contributed by atoms with E-state index in [9.17, 15) is 4.79 Å². The highest BCUT2D eigenvalue weighted by molar-refractivity contribution is 5.77. The van der Waals surface area contributed by atoms with Gasteiger partial charge in [-0.3, -0.25) is 14.7 Å². The summed E-state index contributed by atoms with van der Waals surface area (Å²) >= 11 is 0. The summed E-state index contributed by atoms with van der Waals surface area (Å²) in [6.07, 6.45) is 2.53. The monoisotopic (exact) mass is 297 g/mol. The third-order valence-electron chi connectivity index (χ3n) is 3.42. The van der Waals surface area contributed by atoms with E-state index >= 15 is 0 Å². The number of likely N-dealkylation sites (N-methyl/N-ethyl adjacent to an activating group) is 1. The van der Waals surface area contributed by atoms with E-state index in [1.165, 1.54) is 11.1 Å². The molecule has 0 radical (unpaired) electrons. The summed E-state index contributed by atoms with van der Waals surface area (Å²) in [6.45, 7) is 3.86. The predicted molar refractivity (Wildman–Crippen MR) is 88.5 cm³/mol. The zero-order valence-corrected chi connectivity index (χ0v) is 13.2. The van der Waals surface area contributed by atoms with E-state index < -0.39 is 0 Å². The third kappa shape index (κ3) is 5.66. The molecule has 0 saturated heterocycles. The summed E-state index contributed by atoms with van der Waals surface area (Å²) in [5, 5.41) is 2.94. The maximum atomic E-state index is 11.9. The van der Waals surface area contributed by atoms with E-state index in [1.54, 1.807) is 6.20 Å². The van der Waals surface area contributed by atoms with Gasteiger partial charge in [-0.05, 0) is 31.7 Å². The molecule has 0 aliphatic carbocycles. The normalized spacial score (nSPS) is 10.7. The van der Waals surface area contributed by atoms with Gasteiger partial charge in [-0.15, -0.1) is 0 Å². The Morgan fingerprint density at radius 3 is 2.64 bits per heavy atom. The van der Waals surface area contributed by atoms with Gasteiger partial charge in [-0.2, -0.15) is 0 Å². The third-order valence-corrected chi connectivity index (χ3v) is 3.42. The fourth-order valence-corrected chi connectivity index (χ4v) is 2.24. The van der Waals surface area contributed by atoms with Crippen molar-refractivity contribution in [2.75, 3.05) is 20.1 Å². The second-order valence-electron chi connectivity index (χ2n) is 5.58. The molecule has 1 amide bonds. The van der Waals surface area contributed by atoms with Crippen LogP contribution in [0.15, 0.2) is 48.7 Å². The minimum Gasteiger partial charge on any atom is -0.355 e. The second-order valence-corrected chi connectivity index (χ2v) is 5.58. The molecule has 4 heteroatoms. The molecule has 116 valence electrons.